The van der Waals surface area contributed by atoms with Crippen LogP contribution in [0.15, 0.2) is 24.3 Å². The predicted molar refractivity (Wildman–Crippen MR) is 66.6 cm³/mol. The number of hydrogen-bond donors (Lipinski definition) is 0. The first-order valence-electron chi connectivity index (χ1n) is 6.21. The molecule has 0 aromatic rings. The van der Waals surface area contributed by atoms with Crippen LogP contribution in [0.3, 0.4) is 0 Å². The summed E-state index contributed by atoms with van der Waals surface area (Å²) in [6.07, 6.45) is 19.5. The fourth-order valence-electron chi connectivity index (χ4n) is 1.36. The maximum Gasteiger partial charge on any atom is -0.0169 e. The van der Waals surface area contributed by atoms with Gasteiger partial charge in [-0.1, -0.05) is 63.8 Å². The highest BCUT2D eigenvalue weighted by Crippen LogP contribution is 2.03. The minimum absolute atomic E-state index is 1.12. The molecular formula is C14H26. The highest BCUT2D eigenvalue weighted by atomic mass is 13.9. The van der Waals surface area contributed by atoms with Crippen molar-refractivity contribution >= 4 is 0 Å². The topological polar surface area (TPSA) is 0 Å². The number of unbranched alkanes of at least 4 members (excludes halogenated alkanes) is 5. The number of rotatable bonds is 9. The van der Waals surface area contributed by atoms with Gasteiger partial charge < -0.3 is 0 Å². The van der Waals surface area contributed by atoms with Crippen LogP contribution in [-0.4, -0.2) is 0 Å². The zero-order chi connectivity index (χ0) is 10.5. The summed E-state index contributed by atoms with van der Waals surface area (Å²) < 4.78 is 0. The van der Waals surface area contributed by atoms with Crippen LogP contribution >= 0.6 is 0 Å². The molecule has 0 rings (SSSR count). The van der Waals surface area contributed by atoms with Crippen LogP contribution in [-0.2, 0) is 0 Å². The lowest BCUT2D eigenvalue weighted by molar-refractivity contribution is 0.674. The minimum atomic E-state index is 1.12. The van der Waals surface area contributed by atoms with Crippen molar-refractivity contribution in [3.8, 4) is 0 Å². The molecule has 0 aromatic carbocycles. The standard InChI is InChI=1S/C14H26/c1-3-5-7-9-11-13-14-12-10-8-6-4-2/h7,9,13-14H,3-6,8,10-12H2,1-2H3. The summed E-state index contributed by atoms with van der Waals surface area (Å²) in [4.78, 5) is 0. The second-order valence-electron chi connectivity index (χ2n) is 3.82. The Hall–Kier alpha value is -0.520. The molecule has 0 unspecified atom stereocenters. The van der Waals surface area contributed by atoms with E-state index in [9.17, 15) is 0 Å². The molecule has 82 valence electrons. The molecule has 0 fully saturated rings. The molecule has 0 nitrogen and oxygen atoms in total. The third kappa shape index (κ3) is 11.5. The Morgan fingerprint density at radius 1 is 0.643 bits per heavy atom. The van der Waals surface area contributed by atoms with Crippen molar-refractivity contribution in [3.05, 3.63) is 24.3 Å². The maximum absolute atomic E-state index is 2.33. The highest BCUT2D eigenvalue weighted by molar-refractivity contribution is 4.92. The molecule has 0 aliphatic carbocycles. The first-order chi connectivity index (χ1) is 6.91. The highest BCUT2D eigenvalue weighted by Gasteiger charge is 1.83. The summed E-state index contributed by atoms with van der Waals surface area (Å²) in [7, 11) is 0. The van der Waals surface area contributed by atoms with Gasteiger partial charge in [0.15, 0.2) is 0 Å². The van der Waals surface area contributed by atoms with Gasteiger partial charge in [-0.3, -0.25) is 0 Å². The number of allylic oxidation sites excluding steroid dienone is 4. The summed E-state index contributed by atoms with van der Waals surface area (Å²) in [6.45, 7) is 4.47. The molecule has 0 heteroatoms. The van der Waals surface area contributed by atoms with Gasteiger partial charge in [0.05, 0.1) is 0 Å². The monoisotopic (exact) mass is 194 g/mol. The lowest BCUT2D eigenvalue weighted by atomic mass is 10.1. The minimum Gasteiger partial charge on any atom is -0.0882 e. The summed E-state index contributed by atoms with van der Waals surface area (Å²) in [5, 5.41) is 0. The van der Waals surface area contributed by atoms with Crippen LogP contribution in [0.25, 0.3) is 0 Å². The largest absolute Gasteiger partial charge is 0.0882 e. The van der Waals surface area contributed by atoms with Crippen LogP contribution in [0.5, 0.6) is 0 Å². The van der Waals surface area contributed by atoms with Gasteiger partial charge in [0, 0.05) is 0 Å². The van der Waals surface area contributed by atoms with Crippen LogP contribution < -0.4 is 0 Å². The third-order valence-corrected chi connectivity index (χ3v) is 2.29. The first kappa shape index (κ1) is 13.5. The van der Waals surface area contributed by atoms with Crippen molar-refractivity contribution in [2.45, 2.75) is 65.2 Å². The molecule has 0 heterocycles. The molecular weight excluding hydrogens is 168 g/mol. The van der Waals surface area contributed by atoms with Crippen molar-refractivity contribution in [3.63, 3.8) is 0 Å². The molecule has 14 heavy (non-hydrogen) atoms. The summed E-state index contributed by atoms with van der Waals surface area (Å²) in [6, 6.07) is 0. The molecule has 0 aliphatic rings. The Morgan fingerprint density at radius 3 is 2.00 bits per heavy atom. The van der Waals surface area contributed by atoms with Crippen molar-refractivity contribution < 1.29 is 0 Å². The van der Waals surface area contributed by atoms with E-state index >= 15 is 0 Å². The van der Waals surface area contributed by atoms with E-state index in [1.165, 1.54) is 44.9 Å². The van der Waals surface area contributed by atoms with Crippen molar-refractivity contribution in [2.75, 3.05) is 0 Å². The zero-order valence-corrected chi connectivity index (χ0v) is 9.97. The maximum atomic E-state index is 2.33. The Balaban J connectivity index is 3.11. The molecule has 0 aromatic heterocycles. The number of hydrogen-bond acceptors (Lipinski definition) is 0. The van der Waals surface area contributed by atoms with Gasteiger partial charge in [0.25, 0.3) is 0 Å². The normalized spacial score (nSPS) is 11.9. The molecule has 0 radical (unpaired) electrons. The van der Waals surface area contributed by atoms with Crippen LogP contribution in [0.1, 0.15) is 65.2 Å². The van der Waals surface area contributed by atoms with Gasteiger partial charge in [-0.25, -0.2) is 0 Å². The van der Waals surface area contributed by atoms with Crippen LogP contribution in [0.4, 0.5) is 0 Å². The molecule has 0 saturated carbocycles. The molecule has 0 aliphatic heterocycles. The summed E-state index contributed by atoms with van der Waals surface area (Å²) in [5.74, 6) is 0. The predicted octanol–water partition coefficient (Wildman–Crippen LogP) is 5.26. The van der Waals surface area contributed by atoms with E-state index in [2.05, 4.69) is 38.2 Å². The van der Waals surface area contributed by atoms with Crippen molar-refractivity contribution in [2.24, 2.45) is 0 Å². The van der Waals surface area contributed by atoms with Crippen molar-refractivity contribution in [1.82, 2.24) is 0 Å². The van der Waals surface area contributed by atoms with E-state index in [1.54, 1.807) is 0 Å². The van der Waals surface area contributed by atoms with Gasteiger partial charge >= 0.3 is 0 Å². The molecule has 0 saturated heterocycles. The molecule has 0 amide bonds. The Labute approximate surface area is 90.1 Å². The van der Waals surface area contributed by atoms with Gasteiger partial charge in [-0.2, -0.15) is 0 Å². The quantitative estimate of drug-likeness (QED) is 0.347. The Kier molecular flexibility index (Phi) is 12.0. The summed E-state index contributed by atoms with van der Waals surface area (Å²) >= 11 is 0. The Bertz CT molecular complexity index is 142. The molecule has 0 N–H and O–H groups in total. The van der Waals surface area contributed by atoms with Crippen LogP contribution in [0.2, 0.25) is 0 Å². The van der Waals surface area contributed by atoms with E-state index in [0.29, 0.717) is 0 Å². The summed E-state index contributed by atoms with van der Waals surface area (Å²) in [5.41, 5.74) is 0. The van der Waals surface area contributed by atoms with E-state index in [4.69, 9.17) is 0 Å². The zero-order valence-electron chi connectivity index (χ0n) is 9.97. The molecule has 0 bridgehead atoms. The van der Waals surface area contributed by atoms with E-state index in [0.717, 1.165) is 6.42 Å². The van der Waals surface area contributed by atoms with E-state index in [-0.39, 0.29) is 0 Å². The second-order valence-corrected chi connectivity index (χ2v) is 3.82. The smallest absolute Gasteiger partial charge is 0.0169 e. The van der Waals surface area contributed by atoms with Crippen LogP contribution in [0, 0.1) is 0 Å². The second kappa shape index (κ2) is 12.5. The SMILES string of the molecule is CCCC=CCC=CCCCCCC. The molecule has 0 atom stereocenters. The fraction of sp³-hybridized carbons (Fsp3) is 0.714. The molecule has 0 spiro atoms. The average Bonchev–Trinajstić information content (AvgIpc) is 2.21. The third-order valence-electron chi connectivity index (χ3n) is 2.29. The van der Waals surface area contributed by atoms with Crippen molar-refractivity contribution in [1.29, 1.82) is 0 Å². The van der Waals surface area contributed by atoms with Gasteiger partial charge in [0.1, 0.15) is 0 Å². The van der Waals surface area contributed by atoms with E-state index in [1.807, 2.05) is 0 Å². The lowest BCUT2D eigenvalue weighted by Crippen LogP contribution is -1.73. The van der Waals surface area contributed by atoms with E-state index < -0.39 is 0 Å². The van der Waals surface area contributed by atoms with Gasteiger partial charge in [0.2, 0.25) is 0 Å². The first-order valence-corrected chi connectivity index (χ1v) is 6.21. The Morgan fingerprint density at radius 2 is 1.36 bits per heavy atom. The average molecular weight is 194 g/mol. The van der Waals surface area contributed by atoms with Gasteiger partial charge in [-0.05, 0) is 25.7 Å². The fourth-order valence-corrected chi connectivity index (χ4v) is 1.36. The lowest BCUT2D eigenvalue weighted by Gasteiger charge is -1.93. The van der Waals surface area contributed by atoms with Gasteiger partial charge in [-0.15, -0.1) is 0 Å².